The van der Waals surface area contributed by atoms with Gasteiger partial charge in [-0.15, -0.1) is 0 Å². The molecule has 1 aromatic carbocycles. The van der Waals surface area contributed by atoms with Crippen molar-refractivity contribution >= 4 is 23.2 Å². The van der Waals surface area contributed by atoms with Crippen LogP contribution in [0, 0.1) is 5.92 Å². The van der Waals surface area contributed by atoms with Gasteiger partial charge in [-0.2, -0.15) is 0 Å². The average molecular weight is 376 g/mol. The van der Waals surface area contributed by atoms with Gasteiger partial charge in [-0.25, -0.2) is 0 Å². The van der Waals surface area contributed by atoms with E-state index in [1.165, 1.54) is 0 Å². The number of carbonyl (C=O) groups excluding carboxylic acids is 2. The van der Waals surface area contributed by atoms with Gasteiger partial charge in [0.2, 0.25) is 11.8 Å². The zero-order valence-electron chi connectivity index (χ0n) is 17.2. The molecule has 2 rings (SSSR count). The lowest BCUT2D eigenvalue weighted by molar-refractivity contribution is -0.136. The summed E-state index contributed by atoms with van der Waals surface area (Å²) in [5, 5.41) is 2.91. The lowest BCUT2D eigenvalue weighted by atomic mass is 10.1. The molecule has 0 aromatic heterocycles. The van der Waals surface area contributed by atoms with Crippen molar-refractivity contribution in [2.45, 2.75) is 52.7 Å². The normalized spacial score (nSPS) is 16.4. The van der Waals surface area contributed by atoms with Crippen molar-refractivity contribution in [2.75, 3.05) is 37.5 Å². The molecule has 1 aromatic rings. The number of benzene rings is 1. The predicted octanol–water partition coefficient (Wildman–Crippen LogP) is 3.26. The van der Waals surface area contributed by atoms with Gasteiger partial charge in [-0.05, 0) is 36.6 Å². The Morgan fingerprint density at radius 1 is 1.30 bits per heavy atom. The van der Waals surface area contributed by atoms with Crippen molar-refractivity contribution < 1.29 is 14.3 Å². The summed E-state index contributed by atoms with van der Waals surface area (Å²) in [6.07, 6.45) is 2.59. The maximum atomic E-state index is 12.8. The molecule has 1 aliphatic heterocycles. The van der Waals surface area contributed by atoms with Gasteiger partial charge in [0, 0.05) is 57.5 Å². The first kappa shape index (κ1) is 21.2. The molecule has 0 bridgehead atoms. The van der Waals surface area contributed by atoms with Crippen molar-refractivity contribution in [2.24, 2.45) is 5.92 Å². The molecule has 6 heteroatoms. The third-order valence-electron chi connectivity index (χ3n) is 4.78. The molecule has 1 unspecified atom stereocenters. The highest BCUT2D eigenvalue weighted by Gasteiger charge is 2.25. The third-order valence-corrected chi connectivity index (χ3v) is 4.78. The van der Waals surface area contributed by atoms with Gasteiger partial charge >= 0.3 is 0 Å². The van der Waals surface area contributed by atoms with Crippen LogP contribution in [-0.2, 0) is 20.9 Å². The highest BCUT2D eigenvalue weighted by atomic mass is 16.5. The smallest absolute Gasteiger partial charge is 0.225 e. The van der Waals surface area contributed by atoms with Crippen LogP contribution in [0.4, 0.5) is 11.4 Å². The summed E-state index contributed by atoms with van der Waals surface area (Å²) in [5.41, 5.74) is 2.82. The number of ether oxygens (including phenoxy) is 1. The van der Waals surface area contributed by atoms with Crippen LogP contribution in [-0.4, -0.2) is 50.1 Å². The Balaban J connectivity index is 2.28. The number of rotatable bonds is 8. The second-order valence-corrected chi connectivity index (χ2v) is 7.65. The number of hydrogen-bond donors (Lipinski definition) is 1. The van der Waals surface area contributed by atoms with Crippen LogP contribution in [0.15, 0.2) is 18.2 Å². The molecule has 0 radical (unpaired) electrons. The van der Waals surface area contributed by atoms with Crippen molar-refractivity contribution in [3.63, 3.8) is 0 Å². The van der Waals surface area contributed by atoms with Crippen molar-refractivity contribution in [1.29, 1.82) is 0 Å². The molecule has 0 spiro atoms. The van der Waals surface area contributed by atoms with E-state index in [1.54, 1.807) is 0 Å². The Labute approximate surface area is 162 Å². The van der Waals surface area contributed by atoms with Crippen LogP contribution in [0.3, 0.4) is 0 Å². The van der Waals surface area contributed by atoms with E-state index in [0.717, 1.165) is 36.4 Å². The van der Waals surface area contributed by atoms with Gasteiger partial charge in [0.1, 0.15) is 0 Å². The Kier molecular flexibility index (Phi) is 7.66. The molecule has 27 heavy (non-hydrogen) atoms. The largest absolute Gasteiger partial charge is 0.377 e. The quantitative estimate of drug-likeness (QED) is 0.758. The van der Waals surface area contributed by atoms with E-state index in [9.17, 15) is 9.59 Å². The molecule has 1 saturated heterocycles. The molecule has 1 atom stereocenters. The van der Waals surface area contributed by atoms with Gasteiger partial charge in [0.25, 0.3) is 0 Å². The molecule has 1 heterocycles. The Morgan fingerprint density at radius 3 is 2.59 bits per heavy atom. The minimum atomic E-state index is -0.0720. The molecule has 1 fully saturated rings. The van der Waals surface area contributed by atoms with Crippen LogP contribution >= 0.6 is 0 Å². The number of anilines is 2. The summed E-state index contributed by atoms with van der Waals surface area (Å²) in [6, 6.07) is 5.87. The lowest BCUT2D eigenvalue weighted by Crippen LogP contribution is -2.39. The predicted molar refractivity (Wildman–Crippen MR) is 109 cm³/mol. The van der Waals surface area contributed by atoms with Crippen LogP contribution in [0.2, 0.25) is 0 Å². The van der Waals surface area contributed by atoms with Gasteiger partial charge in [0.15, 0.2) is 0 Å². The summed E-state index contributed by atoms with van der Waals surface area (Å²) < 4.78 is 5.76. The Hall–Kier alpha value is -2.08. The van der Waals surface area contributed by atoms with Gasteiger partial charge in [-0.1, -0.05) is 20.8 Å². The van der Waals surface area contributed by atoms with Crippen molar-refractivity contribution in [3.05, 3.63) is 23.8 Å². The molecule has 1 aliphatic rings. The van der Waals surface area contributed by atoms with E-state index in [0.29, 0.717) is 19.5 Å². The van der Waals surface area contributed by atoms with Crippen LogP contribution < -0.4 is 10.2 Å². The average Bonchev–Trinajstić information content (AvgIpc) is 3.13. The zero-order valence-corrected chi connectivity index (χ0v) is 17.2. The summed E-state index contributed by atoms with van der Waals surface area (Å²) in [4.78, 5) is 28.5. The summed E-state index contributed by atoms with van der Waals surface area (Å²) >= 11 is 0. The number of amides is 2. The molecule has 6 nitrogen and oxygen atoms in total. The first-order chi connectivity index (χ1) is 12.8. The Morgan fingerprint density at radius 2 is 2.04 bits per heavy atom. The number of carbonyl (C=O) groups is 2. The summed E-state index contributed by atoms with van der Waals surface area (Å²) in [7, 11) is 3.97. The van der Waals surface area contributed by atoms with E-state index < -0.39 is 0 Å². The van der Waals surface area contributed by atoms with E-state index in [1.807, 2.05) is 62.9 Å². The standard InChI is InChI=1S/C21H33N3O3/c1-6-20(25)22-17-9-10-19(23(4)5)16(12-17)13-24(21(26)15(2)3)14-18-8-7-11-27-18/h9-10,12,15,18H,6-8,11,13-14H2,1-5H3,(H,22,25). The fourth-order valence-corrected chi connectivity index (χ4v) is 3.31. The molecule has 0 saturated carbocycles. The fourth-order valence-electron chi connectivity index (χ4n) is 3.31. The summed E-state index contributed by atoms with van der Waals surface area (Å²) in [5.74, 6) is 0.0309. The highest BCUT2D eigenvalue weighted by Crippen LogP contribution is 2.26. The molecule has 150 valence electrons. The molecule has 0 aliphatic carbocycles. The maximum Gasteiger partial charge on any atom is 0.225 e. The minimum absolute atomic E-state index is 0.0204. The fraction of sp³-hybridized carbons (Fsp3) is 0.619. The molecule has 1 N–H and O–H groups in total. The van der Waals surface area contributed by atoms with E-state index >= 15 is 0 Å². The van der Waals surface area contributed by atoms with Crippen molar-refractivity contribution in [3.8, 4) is 0 Å². The third kappa shape index (κ3) is 5.96. The molecule has 2 amide bonds. The Bertz CT molecular complexity index is 652. The van der Waals surface area contributed by atoms with Gasteiger partial charge < -0.3 is 19.9 Å². The molecular weight excluding hydrogens is 342 g/mol. The second kappa shape index (κ2) is 9.74. The number of nitrogens with one attached hydrogen (secondary N) is 1. The first-order valence-electron chi connectivity index (χ1n) is 9.82. The molecular formula is C21H33N3O3. The second-order valence-electron chi connectivity index (χ2n) is 7.65. The SMILES string of the molecule is CCC(=O)Nc1ccc(N(C)C)c(CN(CC2CCCO2)C(=O)C(C)C)c1. The van der Waals surface area contributed by atoms with Crippen molar-refractivity contribution in [1.82, 2.24) is 4.90 Å². The van der Waals surface area contributed by atoms with E-state index in [2.05, 4.69) is 5.32 Å². The van der Waals surface area contributed by atoms with E-state index in [4.69, 9.17) is 4.74 Å². The zero-order chi connectivity index (χ0) is 20.0. The monoisotopic (exact) mass is 375 g/mol. The minimum Gasteiger partial charge on any atom is -0.377 e. The lowest BCUT2D eigenvalue weighted by Gasteiger charge is -2.29. The number of nitrogens with zero attached hydrogens (tertiary/aromatic N) is 2. The topological polar surface area (TPSA) is 61.9 Å². The van der Waals surface area contributed by atoms with Crippen LogP contribution in [0.1, 0.15) is 45.6 Å². The first-order valence-corrected chi connectivity index (χ1v) is 9.82. The number of hydrogen-bond acceptors (Lipinski definition) is 4. The van der Waals surface area contributed by atoms with E-state index in [-0.39, 0.29) is 23.8 Å². The van der Waals surface area contributed by atoms with Crippen LogP contribution in [0.5, 0.6) is 0 Å². The maximum absolute atomic E-state index is 12.8. The summed E-state index contributed by atoms with van der Waals surface area (Å²) in [6.45, 7) is 7.56. The highest BCUT2D eigenvalue weighted by molar-refractivity contribution is 5.91. The van der Waals surface area contributed by atoms with Crippen LogP contribution in [0.25, 0.3) is 0 Å². The van der Waals surface area contributed by atoms with Gasteiger partial charge in [0.05, 0.1) is 6.10 Å². The van der Waals surface area contributed by atoms with Gasteiger partial charge in [-0.3, -0.25) is 9.59 Å².